The molecule has 1 aliphatic rings. The number of carbonyl (C=O) groups excluding carboxylic acids is 1. The van der Waals surface area contributed by atoms with Crippen LogP contribution in [0.15, 0.2) is 18.2 Å². The lowest BCUT2D eigenvalue weighted by molar-refractivity contribution is -0.133. The molecule has 1 fully saturated rings. The Morgan fingerprint density at radius 2 is 2.06 bits per heavy atom. The number of piperazine rings is 1. The molecule has 18 heavy (non-hydrogen) atoms. The summed E-state index contributed by atoms with van der Waals surface area (Å²) in [6.07, 6.45) is 0. The Labute approximate surface area is 104 Å². The molecule has 1 amide bonds. The van der Waals surface area contributed by atoms with Gasteiger partial charge in [-0.1, -0.05) is 0 Å². The van der Waals surface area contributed by atoms with E-state index in [0.29, 0.717) is 13.1 Å². The van der Waals surface area contributed by atoms with Gasteiger partial charge in [0.25, 0.3) is 5.91 Å². The van der Waals surface area contributed by atoms with Gasteiger partial charge in [0, 0.05) is 32.2 Å². The second kappa shape index (κ2) is 5.77. The van der Waals surface area contributed by atoms with E-state index in [9.17, 15) is 13.6 Å². The van der Waals surface area contributed by atoms with Crippen molar-refractivity contribution in [2.24, 2.45) is 0 Å². The maximum absolute atomic E-state index is 13.2. The van der Waals surface area contributed by atoms with Crippen LogP contribution in [-0.2, 0) is 4.79 Å². The first kappa shape index (κ1) is 12.8. The molecular weight excluding hydrogens is 242 g/mol. The summed E-state index contributed by atoms with van der Waals surface area (Å²) in [5.74, 6) is -1.73. The fourth-order valence-electron chi connectivity index (χ4n) is 1.73. The first-order valence-electron chi connectivity index (χ1n) is 5.73. The predicted molar refractivity (Wildman–Crippen MR) is 61.3 cm³/mol. The fraction of sp³-hybridized carbons (Fsp3) is 0.417. The molecule has 98 valence electrons. The molecule has 0 radical (unpaired) electrons. The number of ether oxygens (including phenoxy) is 1. The minimum absolute atomic E-state index is 0.222. The lowest BCUT2D eigenvalue weighted by Gasteiger charge is -2.27. The Kier molecular flexibility index (Phi) is 4.09. The zero-order valence-corrected chi connectivity index (χ0v) is 9.79. The summed E-state index contributed by atoms with van der Waals surface area (Å²) < 4.78 is 31.1. The van der Waals surface area contributed by atoms with Gasteiger partial charge in [-0.05, 0) is 12.1 Å². The second-order valence-corrected chi connectivity index (χ2v) is 3.99. The van der Waals surface area contributed by atoms with Crippen molar-refractivity contribution in [2.45, 2.75) is 0 Å². The van der Waals surface area contributed by atoms with Crippen LogP contribution in [0.4, 0.5) is 8.78 Å². The standard InChI is InChI=1S/C12H14F2N2O2/c13-9-1-2-10(14)11(7-9)18-8-12(17)16-5-3-15-4-6-16/h1-2,7,15H,3-6,8H2. The molecular formula is C12H14F2N2O2. The van der Waals surface area contributed by atoms with E-state index in [1.54, 1.807) is 4.90 Å². The van der Waals surface area contributed by atoms with Crippen molar-refractivity contribution >= 4 is 5.91 Å². The minimum atomic E-state index is -0.676. The van der Waals surface area contributed by atoms with E-state index in [2.05, 4.69) is 5.32 Å². The zero-order chi connectivity index (χ0) is 13.0. The molecule has 1 heterocycles. The van der Waals surface area contributed by atoms with E-state index in [4.69, 9.17) is 4.74 Å². The number of hydrogen-bond donors (Lipinski definition) is 1. The number of nitrogens with zero attached hydrogens (tertiary/aromatic N) is 1. The Bertz CT molecular complexity index is 434. The molecule has 1 saturated heterocycles. The second-order valence-electron chi connectivity index (χ2n) is 3.99. The SMILES string of the molecule is O=C(COc1cc(F)ccc1F)N1CCNCC1. The van der Waals surface area contributed by atoms with Crippen molar-refractivity contribution in [2.75, 3.05) is 32.8 Å². The summed E-state index contributed by atoms with van der Waals surface area (Å²) >= 11 is 0. The molecule has 0 saturated carbocycles. The molecule has 1 aliphatic heterocycles. The number of rotatable bonds is 3. The van der Waals surface area contributed by atoms with Gasteiger partial charge in [0.05, 0.1) is 0 Å². The largest absolute Gasteiger partial charge is 0.481 e. The summed E-state index contributed by atoms with van der Waals surface area (Å²) in [6, 6.07) is 2.90. The molecule has 0 unspecified atom stereocenters. The van der Waals surface area contributed by atoms with Gasteiger partial charge in [-0.15, -0.1) is 0 Å². The van der Waals surface area contributed by atoms with Gasteiger partial charge in [-0.2, -0.15) is 0 Å². The molecule has 1 aromatic carbocycles. The number of amides is 1. The van der Waals surface area contributed by atoms with Crippen molar-refractivity contribution in [1.82, 2.24) is 10.2 Å². The first-order valence-corrected chi connectivity index (χ1v) is 5.73. The third kappa shape index (κ3) is 3.16. The first-order chi connectivity index (χ1) is 8.66. The summed E-state index contributed by atoms with van der Waals surface area (Å²) in [4.78, 5) is 13.4. The molecule has 0 bridgehead atoms. The van der Waals surface area contributed by atoms with Crippen LogP contribution in [0.3, 0.4) is 0 Å². The summed E-state index contributed by atoms with van der Waals surface area (Å²) in [6.45, 7) is 2.40. The number of nitrogens with one attached hydrogen (secondary N) is 1. The summed E-state index contributed by atoms with van der Waals surface area (Å²) in [5.41, 5.74) is 0. The number of halogens is 2. The van der Waals surface area contributed by atoms with E-state index in [1.165, 1.54) is 0 Å². The maximum Gasteiger partial charge on any atom is 0.260 e. The molecule has 1 aromatic rings. The molecule has 6 heteroatoms. The molecule has 1 N–H and O–H groups in total. The zero-order valence-electron chi connectivity index (χ0n) is 9.79. The quantitative estimate of drug-likeness (QED) is 0.868. The summed E-state index contributed by atoms with van der Waals surface area (Å²) in [7, 11) is 0. The smallest absolute Gasteiger partial charge is 0.260 e. The van der Waals surface area contributed by atoms with Crippen LogP contribution < -0.4 is 10.1 Å². The van der Waals surface area contributed by atoms with E-state index in [0.717, 1.165) is 31.3 Å². The summed E-state index contributed by atoms with van der Waals surface area (Å²) in [5, 5.41) is 3.12. The highest BCUT2D eigenvalue weighted by Crippen LogP contribution is 2.17. The van der Waals surface area contributed by atoms with Crippen LogP contribution in [-0.4, -0.2) is 43.6 Å². The minimum Gasteiger partial charge on any atom is -0.481 e. The van der Waals surface area contributed by atoms with E-state index in [-0.39, 0.29) is 18.3 Å². The molecule has 4 nitrogen and oxygen atoms in total. The van der Waals surface area contributed by atoms with Crippen LogP contribution in [0, 0.1) is 11.6 Å². The van der Waals surface area contributed by atoms with Crippen molar-refractivity contribution in [3.63, 3.8) is 0 Å². The predicted octanol–water partition coefficient (Wildman–Crippen LogP) is 0.775. The molecule has 0 spiro atoms. The van der Waals surface area contributed by atoms with Gasteiger partial charge in [-0.25, -0.2) is 8.78 Å². The van der Waals surface area contributed by atoms with Gasteiger partial charge in [-0.3, -0.25) is 4.79 Å². The van der Waals surface area contributed by atoms with Crippen molar-refractivity contribution < 1.29 is 18.3 Å². The Morgan fingerprint density at radius 1 is 1.33 bits per heavy atom. The average Bonchev–Trinajstić information content (AvgIpc) is 2.40. The number of carbonyl (C=O) groups is 1. The monoisotopic (exact) mass is 256 g/mol. The van der Waals surface area contributed by atoms with E-state index >= 15 is 0 Å². The van der Waals surface area contributed by atoms with E-state index < -0.39 is 11.6 Å². The van der Waals surface area contributed by atoms with Crippen LogP contribution in [0.25, 0.3) is 0 Å². The normalized spacial score (nSPS) is 15.6. The molecule has 2 rings (SSSR count). The van der Waals surface area contributed by atoms with Gasteiger partial charge < -0.3 is 15.0 Å². The molecule has 0 aliphatic carbocycles. The number of hydrogen-bond acceptors (Lipinski definition) is 3. The van der Waals surface area contributed by atoms with Crippen LogP contribution >= 0.6 is 0 Å². The highest BCUT2D eigenvalue weighted by molar-refractivity contribution is 5.77. The molecule has 0 atom stereocenters. The van der Waals surface area contributed by atoms with Crippen molar-refractivity contribution in [3.8, 4) is 5.75 Å². The third-order valence-corrected chi connectivity index (χ3v) is 2.71. The van der Waals surface area contributed by atoms with Crippen molar-refractivity contribution in [3.05, 3.63) is 29.8 Å². The third-order valence-electron chi connectivity index (χ3n) is 2.71. The lowest BCUT2D eigenvalue weighted by Crippen LogP contribution is -2.47. The topological polar surface area (TPSA) is 41.6 Å². The van der Waals surface area contributed by atoms with Gasteiger partial charge >= 0.3 is 0 Å². The Hall–Kier alpha value is -1.69. The maximum atomic E-state index is 13.2. The van der Waals surface area contributed by atoms with Crippen LogP contribution in [0.1, 0.15) is 0 Å². The van der Waals surface area contributed by atoms with E-state index in [1.807, 2.05) is 0 Å². The molecule has 0 aromatic heterocycles. The average molecular weight is 256 g/mol. The van der Waals surface area contributed by atoms with Crippen LogP contribution in [0.5, 0.6) is 5.75 Å². The Balaban J connectivity index is 1.90. The van der Waals surface area contributed by atoms with Crippen LogP contribution in [0.2, 0.25) is 0 Å². The Morgan fingerprint density at radius 3 is 2.78 bits per heavy atom. The van der Waals surface area contributed by atoms with Gasteiger partial charge in [0.2, 0.25) is 0 Å². The highest BCUT2D eigenvalue weighted by Gasteiger charge is 2.17. The lowest BCUT2D eigenvalue weighted by atomic mass is 10.3. The van der Waals surface area contributed by atoms with Gasteiger partial charge in [0.15, 0.2) is 18.2 Å². The highest BCUT2D eigenvalue weighted by atomic mass is 19.1. The fourth-order valence-corrected chi connectivity index (χ4v) is 1.73. The number of benzene rings is 1. The van der Waals surface area contributed by atoms with Crippen molar-refractivity contribution in [1.29, 1.82) is 0 Å². The van der Waals surface area contributed by atoms with Gasteiger partial charge in [0.1, 0.15) is 5.82 Å².